The first-order chi connectivity index (χ1) is 52.2. The Morgan fingerprint density at radius 2 is 0.400 bits per heavy atom. The van der Waals surface area contributed by atoms with Gasteiger partial charge in [0.1, 0.15) is 0 Å². The molecule has 0 saturated carbocycles. The lowest BCUT2D eigenvalue weighted by Crippen LogP contribution is -2.41. The van der Waals surface area contributed by atoms with Crippen LogP contribution in [0.25, 0.3) is 113 Å². The molecule has 0 amide bonds. The molecule has 0 atom stereocenters. The molecule has 6 heterocycles. The third-order valence-corrected chi connectivity index (χ3v) is 23.3. The second-order valence-electron chi connectivity index (χ2n) is 32.4. The molecule has 10 aromatic carbocycles. The number of hydrogen-bond acceptors (Lipinski definition) is 14. The zero-order chi connectivity index (χ0) is 77.8. The van der Waals surface area contributed by atoms with Gasteiger partial charge in [0.2, 0.25) is 0 Å². The molecule has 0 spiro atoms. The first kappa shape index (κ1) is 77.8. The Kier molecular flexibility index (Phi) is 21.7. The molecule has 4 saturated heterocycles. The van der Waals surface area contributed by atoms with Gasteiger partial charge in [-0.2, -0.15) is 0 Å². The Bertz CT molecular complexity index is 4960. The van der Waals surface area contributed by atoms with E-state index in [9.17, 15) is 0 Å². The molecule has 12 aromatic rings. The van der Waals surface area contributed by atoms with Gasteiger partial charge in [0, 0.05) is 42.3 Å². The number of halogens is 2. The second-order valence-corrected chi connectivity index (χ2v) is 34.2. The zero-order valence-corrected chi connectivity index (χ0v) is 68.4. The molecule has 4 aliphatic heterocycles. The maximum absolute atomic E-state index is 6.58. The van der Waals surface area contributed by atoms with E-state index in [-0.39, 0.29) is 22.4 Å². The molecule has 110 heavy (non-hydrogen) atoms. The van der Waals surface area contributed by atoms with E-state index in [4.69, 9.17) is 67.1 Å². The number of rotatable bonds is 13. The van der Waals surface area contributed by atoms with Crippen molar-refractivity contribution in [2.45, 2.75) is 156 Å². The van der Waals surface area contributed by atoms with E-state index >= 15 is 0 Å². The van der Waals surface area contributed by atoms with Gasteiger partial charge in [-0.15, -0.1) is 0 Å². The van der Waals surface area contributed by atoms with Crippen molar-refractivity contribution in [1.29, 1.82) is 0 Å². The minimum atomic E-state index is -0.623. The molecule has 16 rings (SSSR count). The van der Waals surface area contributed by atoms with E-state index in [0.29, 0.717) is 34.9 Å². The van der Waals surface area contributed by atoms with Gasteiger partial charge in [0.25, 0.3) is 0 Å². The van der Waals surface area contributed by atoms with Gasteiger partial charge in [-0.05, 0) is 209 Å². The monoisotopic (exact) mass is 1580 g/mol. The summed E-state index contributed by atoms with van der Waals surface area (Å²) in [5.41, 5.74) is 12.3. The van der Waals surface area contributed by atoms with Gasteiger partial charge in [0.15, 0.2) is 34.9 Å². The van der Waals surface area contributed by atoms with Crippen LogP contribution in [0.4, 0.5) is 0 Å². The highest BCUT2D eigenvalue weighted by Crippen LogP contribution is 2.45. The predicted molar refractivity (Wildman–Crippen MR) is 453 cm³/mol. The molecule has 14 nitrogen and oxygen atoms in total. The predicted octanol–water partition coefficient (Wildman–Crippen LogP) is 20.8. The number of benzene rings is 10. The summed E-state index contributed by atoms with van der Waals surface area (Å²) in [6.07, 6.45) is 0. The molecule has 4 aliphatic rings. The Hall–Kier alpha value is -8.88. The minimum Gasteiger partial charge on any atom is -0.405 e. The van der Waals surface area contributed by atoms with E-state index in [0.717, 1.165) is 97.8 Å². The van der Waals surface area contributed by atoms with Crippen LogP contribution < -0.4 is 10.9 Å². The highest BCUT2D eigenvalue weighted by Gasteiger charge is 2.64. The van der Waals surface area contributed by atoms with Crippen LogP contribution in [0.1, 0.15) is 111 Å². The number of aromatic nitrogens is 6. The molecule has 0 unspecified atom stereocenters. The van der Waals surface area contributed by atoms with Gasteiger partial charge in [-0.1, -0.05) is 244 Å². The Labute approximate surface area is 665 Å². The average molecular weight is 1590 g/mol. The summed E-state index contributed by atoms with van der Waals surface area (Å²) in [5.74, 6) is 3.52. The smallest absolute Gasteiger partial charge is 0.405 e. The Balaban J connectivity index is 0.000000155. The highest BCUT2D eigenvalue weighted by atomic mass is 79.9. The van der Waals surface area contributed by atoms with Gasteiger partial charge < -0.3 is 37.2 Å². The molecule has 0 N–H and O–H groups in total. The van der Waals surface area contributed by atoms with Crippen molar-refractivity contribution < 1.29 is 37.2 Å². The summed E-state index contributed by atoms with van der Waals surface area (Å²) >= 11 is 7.21. The van der Waals surface area contributed by atoms with Crippen LogP contribution in [-0.2, 0) is 37.2 Å². The van der Waals surface area contributed by atoms with Gasteiger partial charge in [-0.25, -0.2) is 29.9 Å². The quantitative estimate of drug-likeness (QED) is 0.101. The van der Waals surface area contributed by atoms with Crippen molar-refractivity contribution in [3.8, 4) is 113 Å². The Morgan fingerprint density at radius 1 is 0.200 bits per heavy atom. The topological polar surface area (TPSA) is 151 Å². The lowest BCUT2D eigenvalue weighted by Gasteiger charge is -2.32. The minimum absolute atomic E-state index is 0.360. The molecule has 2 aromatic heterocycles. The van der Waals surface area contributed by atoms with E-state index in [1.165, 1.54) is 0 Å². The molecule has 0 bridgehead atoms. The molecule has 0 radical (unpaired) electrons. The third-order valence-electron chi connectivity index (χ3n) is 22.4. The third kappa shape index (κ3) is 16.7. The fraction of sp³-hybridized carbons (Fsp3) is 0.267. The summed E-state index contributed by atoms with van der Waals surface area (Å²) in [7, 11) is -2.20. The SMILES string of the molecule is Brc1cc(Br)cc(-c2nc(-c3cccc(-c4ccccc4)c3)nc(-c3cccc(-c4ccccc4)c3)n2)c1.CC1(C)OB(B2OC(C)(C)C(C)(C)O2)OC1(C)C.CC1(C)OB(c2cc(B3OC(C)(C)C(C)(C)O3)cc(-c3nc(-c4cccc(-c5ccccc5)c4)nc(-c4cccc(-c5ccccc5)c4)n3)c2)OC1(C)C. The summed E-state index contributed by atoms with van der Waals surface area (Å²) in [4.78, 5) is 30.3. The van der Waals surface area contributed by atoms with Crippen LogP contribution in [0.3, 0.4) is 0 Å². The summed E-state index contributed by atoms with van der Waals surface area (Å²) in [6.45, 7) is 32.7. The van der Waals surface area contributed by atoms with E-state index in [1.54, 1.807) is 0 Å². The van der Waals surface area contributed by atoms with Crippen LogP contribution in [0.15, 0.2) is 264 Å². The van der Waals surface area contributed by atoms with Gasteiger partial charge in [-0.3, -0.25) is 0 Å². The van der Waals surface area contributed by atoms with Crippen LogP contribution in [-0.4, -0.2) is 103 Å². The van der Waals surface area contributed by atoms with Gasteiger partial charge in [0.05, 0.1) is 44.8 Å². The molecule has 0 aliphatic carbocycles. The van der Waals surface area contributed by atoms with E-state index in [2.05, 4.69) is 203 Å². The second kappa shape index (κ2) is 30.7. The van der Waals surface area contributed by atoms with Gasteiger partial charge >= 0.3 is 28.3 Å². The largest absolute Gasteiger partial charge is 0.494 e. The standard InChI is InChI=1S/C45H45B2N3O4.C33H21Br2N3.C12H24B2O4/c1-42(2)43(3,4)52-46(51-42)37-27-36(28-38(29-37)47-53-44(5,6)45(7,8)54-47)41-49-39(34-23-15-21-32(25-34)30-17-11-9-12-18-30)48-40(50-41)35-24-16-22-33(26-35)31-19-13-10-14-20-31;34-29-19-28(20-30(35)21-29)33-37-31(26-15-7-13-24(17-26)22-9-3-1-4-10-22)36-32(38-33)27-16-8-14-25(18-27)23-11-5-2-6-12-23;1-9(2)10(3,4)16-13(15-9)14-17-11(5,6)12(7,8)18-14/h9-29H,1-8H3;1-21H;1-8H3. The summed E-state index contributed by atoms with van der Waals surface area (Å²) in [5, 5.41) is 0. The van der Waals surface area contributed by atoms with Crippen molar-refractivity contribution >= 4 is 71.0 Å². The van der Waals surface area contributed by atoms with Crippen molar-refractivity contribution in [2.24, 2.45) is 0 Å². The van der Waals surface area contributed by atoms with Crippen LogP contribution in [0.5, 0.6) is 0 Å². The number of hydrogen-bond donors (Lipinski definition) is 0. The first-order valence-corrected chi connectivity index (χ1v) is 39.0. The van der Waals surface area contributed by atoms with Crippen molar-refractivity contribution in [3.05, 3.63) is 264 Å². The maximum atomic E-state index is 6.58. The molecule has 554 valence electrons. The lowest BCUT2D eigenvalue weighted by molar-refractivity contribution is 0.00578. The molecule has 4 fully saturated rings. The van der Waals surface area contributed by atoms with Crippen LogP contribution >= 0.6 is 31.9 Å². The highest BCUT2D eigenvalue weighted by molar-refractivity contribution is 9.11. The zero-order valence-electron chi connectivity index (χ0n) is 65.3. The van der Waals surface area contributed by atoms with Crippen LogP contribution in [0, 0.1) is 0 Å². The lowest BCUT2D eigenvalue weighted by atomic mass is 9.49. The van der Waals surface area contributed by atoms with E-state index < -0.39 is 50.7 Å². The fourth-order valence-electron chi connectivity index (χ4n) is 13.1. The van der Waals surface area contributed by atoms with E-state index in [1.807, 2.05) is 195 Å². The van der Waals surface area contributed by atoms with Crippen molar-refractivity contribution in [3.63, 3.8) is 0 Å². The Morgan fingerprint density at radius 3 is 0.645 bits per heavy atom. The summed E-state index contributed by atoms with van der Waals surface area (Å²) < 4.78 is 52.1. The molecular formula is C90H90B4Br2N6O8. The molecule has 20 heteroatoms. The summed E-state index contributed by atoms with van der Waals surface area (Å²) in [6, 6.07) is 86.9. The maximum Gasteiger partial charge on any atom is 0.494 e. The van der Waals surface area contributed by atoms with Crippen LogP contribution in [0.2, 0.25) is 0 Å². The first-order valence-electron chi connectivity index (χ1n) is 37.4. The number of nitrogens with zero attached hydrogens (tertiary/aromatic N) is 6. The fourth-order valence-corrected chi connectivity index (χ4v) is 14.4. The normalized spacial score (nSPS) is 17.9. The van der Waals surface area contributed by atoms with Crippen molar-refractivity contribution in [1.82, 2.24) is 29.9 Å². The average Bonchev–Trinajstić information content (AvgIpc) is 1.59. The molecular weight excluding hydrogens is 1500 g/mol. The van der Waals surface area contributed by atoms with Crippen molar-refractivity contribution in [2.75, 3.05) is 0 Å².